The van der Waals surface area contributed by atoms with Gasteiger partial charge in [0.05, 0.1) is 6.61 Å². The molecule has 2 saturated heterocycles. The number of unbranched alkanes of at least 4 members (excludes halogenated alkanes) is 2. The molecule has 0 amide bonds. The molecule has 3 aliphatic rings. The van der Waals surface area contributed by atoms with E-state index in [9.17, 15) is 14.3 Å². The molecule has 5 N–H and O–H groups in total. The Balaban J connectivity index is 1.52. The molecule has 0 spiro atoms. The zero-order chi connectivity index (χ0) is 23.8. The van der Waals surface area contributed by atoms with E-state index in [4.69, 9.17) is 23.8 Å². The lowest BCUT2D eigenvalue weighted by Crippen LogP contribution is -2.47. The van der Waals surface area contributed by atoms with Crippen molar-refractivity contribution < 1.29 is 43.8 Å². The van der Waals surface area contributed by atoms with Crippen LogP contribution in [0.25, 0.3) is 0 Å². The van der Waals surface area contributed by atoms with E-state index in [1.54, 1.807) is 18.7 Å². The summed E-state index contributed by atoms with van der Waals surface area (Å²) in [7, 11) is -4.32. The maximum Gasteiger partial charge on any atom is 0.518 e. The van der Waals surface area contributed by atoms with Gasteiger partial charge < -0.3 is 19.3 Å². The molecule has 0 saturated carbocycles. The molecule has 33 heavy (non-hydrogen) atoms. The van der Waals surface area contributed by atoms with Gasteiger partial charge in [-0.1, -0.05) is 4.62 Å². The van der Waals surface area contributed by atoms with Crippen molar-refractivity contribution in [2.45, 2.75) is 70.0 Å². The van der Waals surface area contributed by atoms with E-state index >= 15 is 0 Å². The van der Waals surface area contributed by atoms with Crippen LogP contribution in [-0.4, -0.2) is 69.4 Å². The maximum atomic E-state index is 12.9. The highest BCUT2D eigenvalue weighted by Crippen LogP contribution is 2.45. The predicted molar refractivity (Wildman–Crippen MR) is 112 cm³/mol. The SMILES string of the molecule is CC1(C)O[C@@H]2[C@H](O1)[C@@H](COP(=O)(O)O[NH3+])O[C@H]2N1C=[N+]c2c1ncn(CCCCCO)c2=O. The molecule has 1 radical (unpaired) electrons. The van der Waals surface area contributed by atoms with Gasteiger partial charge in [-0.05, 0) is 38.1 Å². The third kappa shape index (κ3) is 5.04. The summed E-state index contributed by atoms with van der Waals surface area (Å²) in [6, 6.07) is 0. The summed E-state index contributed by atoms with van der Waals surface area (Å²) in [5.41, 5.74) is -0.0992. The third-order valence-electron chi connectivity index (χ3n) is 5.57. The van der Waals surface area contributed by atoms with Gasteiger partial charge in [-0.15, -0.1) is 0 Å². The van der Waals surface area contributed by atoms with E-state index in [0.717, 1.165) is 12.8 Å². The third-order valence-corrected chi connectivity index (χ3v) is 6.37. The summed E-state index contributed by atoms with van der Waals surface area (Å²) in [6.07, 6.45) is 2.37. The quantitative estimate of drug-likeness (QED) is 0.202. The van der Waals surface area contributed by atoms with E-state index in [1.165, 1.54) is 17.2 Å². The van der Waals surface area contributed by atoms with Crippen LogP contribution in [0.5, 0.6) is 0 Å². The summed E-state index contributed by atoms with van der Waals surface area (Å²) in [5, 5.41) is 8.90. The van der Waals surface area contributed by atoms with Gasteiger partial charge >= 0.3 is 19.1 Å². The minimum Gasteiger partial charge on any atom is -0.396 e. The van der Waals surface area contributed by atoms with Gasteiger partial charge in [0.2, 0.25) is 6.23 Å². The monoisotopic (exact) mass is 490 g/mol. The number of aliphatic imine (C=N–C) groups is 1. The van der Waals surface area contributed by atoms with Gasteiger partial charge in [0.1, 0.15) is 18.5 Å². The summed E-state index contributed by atoms with van der Waals surface area (Å²) in [6.45, 7) is 3.78. The molecule has 1 aromatic rings. The molecule has 1 aromatic heterocycles. The van der Waals surface area contributed by atoms with Crippen LogP contribution < -0.4 is 21.3 Å². The number of anilines is 1. The van der Waals surface area contributed by atoms with E-state index in [-0.39, 0.29) is 24.5 Å². The number of aliphatic hydroxyl groups excluding tert-OH is 1. The molecule has 0 bridgehead atoms. The minimum absolute atomic E-state index is 0.118. The fraction of sp³-hybridized carbons (Fsp3) is 0.722. The van der Waals surface area contributed by atoms with E-state index < -0.39 is 38.1 Å². The Bertz CT molecular complexity index is 1000. The highest BCUT2D eigenvalue weighted by atomic mass is 31.2. The first-order valence-electron chi connectivity index (χ1n) is 10.6. The van der Waals surface area contributed by atoms with Crippen LogP contribution in [0, 0.1) is 0 Å². The van der Waals surface area contributed by atoms with Crippen LogP contribution in [-0.2, 0) is 34.5 Å². The lowest BCUT2D eigenvalue weighted by Gasteiger charge is -2.24. The normalized spacial score (nSPS) is 29.3. The molecule has 0 aromatic carbocycles. The lowest BCUT2D eigenvalue weighted by molar-refractivity contribution is -0.643. The lowest BCUT2D eigenvalue weighted by atomic mass is 10.1. The van der Waals surface area contributed by atoms with E-state index in [0.29, 0.717) is 18.8 Å². The molecular formula is C18H29N5O9P+2. The topological polar surface area (TPSA) is 184 Å². The summed E-state index contributed by atoms with van der Waals surface area (Å²) >= 11 is 0. The molecule has 4 rings (SSSR count). The predicted octanol–water partition coefficient (Wildman–Crippen LogP) is -1.24. The van der Waals surface area contributed by atoms with Gasteiger partial charge in [-0.25, -0.2) is 10.5 Å². The second kappa shape index (κ2) is 9.49. The van der Waals surface area contributed by atoms with Gasteiger partial charge in [0.15, 0.2) is 11.9 Å². The molecule has 15 heteroatoms. The summed E-state index contributed by atoms with van der Waals surface area (Å²) in [4.78, 5) is 32.6. The highest BCUT2D eigenvalue weighted by Gasteiger charge is 2.60. The molecule has 2 fully saturated rings. The van der Waals surface area contributed by atoms with Crippen LogP contribution in [0.4, 0.5) is 11.5 Å². The van der Waals surface area contributed by atoms with E-state index in [2.05, 4.69) is 20.5 Å². The number of quaternary nitrogens is 1. The van der Waals surface area contributed by atoms with Crippen molar-refractivity contribution in [2.75, 3.05) is 18.1 Å². The number of aliphatic hydroxyl groups is 1. The number of ether oxygens (including phenoxy) is 3. The second-order valence-corrected chi connectivity index (χ2v) is 9.83. The molecule has 1 unspecified atom stereocenters. The van der Waals surface area contributed by atoms with Crippen molar-refractivity contribution in [1.82, 2.24) is 14.5 Å². The van der Waals surface area contributed by atoms with Crippen LogP contribution in [0.2, 0.25) is 0 Å². The first-order valence-corrected chi connectivity index (χ1v) is 12.1. The van der Waals surface area contributed by atoms with Crippen molar-refractivity contribution in [3.8, 4) is 0 Å². The molecular weight excluding hydrogens is 461 g/mol. The van der Waals surface area contributed by atoms with Crippen LogP contribution >= 0.6 is 7.82 Å². The average molecular weight is 490 g/mol. The Hall–Kier alpha value is -1.74. The Kier molecular flexibility index (Phi) is 7.01. The van der Waals surface area contributed by atoms with Gasteiger partial charge in [0.25, 0.3) is 12.2 Å². The van der Waals surface area contributed by atoms with Crippen LogP contribution in [0.1, 0.15) is 33.1 Å². The Morgan fingerprint density at radius 2 is 2.06 bits per heavy atom. The molecule has 14 nitrogen and oxygen atoms in total. The fourth-order valence-corrected chi connectivity index (χ4v) is 4.49. The molecule has 183 valence electrons. The van der Waals surface area contributed by atoms with Gasteiger partial charge in [-0.3, -0.25) is 18.8 Å². The number of aromatic nitrogens is 2. The number of fused-ring (bicyclic) bond motifs is 2. The number of phosphoric acid groups is 1. The highest BCUT2D eigenvalue weighted by molar-refractivity contribution is 7.47. The number of phosphoric ester groups is 1. The Labute approximate surface area is 189 Å². The smallest absolute Gasteiger partial charge is 0.396 e. The number of nitrogens with zero attached hydrogens (tertiary/aromatic N) is 4. The zero-order valence-electron chi connectivity index (χ0n) is 18.4. The van der Waals surface area contributed by atoms with Crippen molar-refractivity contribution in [3.05, 3.63) is 16.7 Å². The first-order chi connectivity index (χ1) is 15.7. The van der Waals surface area contributed by atoms with Gasteiger partial charge in [-0.2, -0.15) is 9.88 Å². The molecule has 3 aliphatic heterocycles. The molecule has 5 atom stereocenters. The van der Waals surface area contributed by atoms with Crippen molar-refractivity contribution in [3.63, 3.8) is 0 Å². The molecule has 4 heterocycles. The number of hydrogen-bond acceptors (Lipinski definition) is 11. The largest absolute Gasteiger partial charge is 0.518 e. The number of hydrogen-bond donors (Lipinski definition) is 3. The van der Waals surface area contributed by atoms with Crippen molar-refractivity contribution >= 4 is 25.7 Å². The maximum absolute atomic E-state index is 12.9. The van der Waals surface area contributed by atoms with Crippen molar-refractivity contribution in [2.24, 2.45) is 0 Å². The fourth-order valence-electron chi connectivity index (χ4n) is 4.08. The van der Waals surface area contributed by atoms with E-state index in [1.807, 2.05) is 0 Å². The van der Waals surface area contributed by atoms with Crippen LogP contribution in [0.15, 0.2) is 11.1 Å². The van der Waals surface area contributed by atoms with Crippen LogP contribution in [0.3, 0.4) is 0 Å². The average Bonchev–Trinajstić information content (AvgIpc) is 3.42. The standard InChI is InChI=1S/C18H28N5O9P/c1-18(2)30-13-11(8-28-33(26,27)32-19)29-17(14(13)31-18)23-10-20-12-15(23)21-9-22(16(12)25)6-4-3-5-7-24/h9-11,13-14,17,24H,3-8H2,1-2,19H3/q+1/p+1/t11-,13-,14-,17-/m1/s1. The number of rotatable bonds is 10. The van der Waals surface area contributed by atoms with Crippen molar-refractivity contribution in [1.29, 1.82) is 0 Å². The first kappa shape index (κ1) is 24.4. The number of aryl methyl sites for hydroxylation is 1. The summed E-state index contributed by atoms with van der Waals surface area (Å²) < 4.78 is 40.3. The Morgan fingerprint density at radius 1 is 1.30 bits per heavy atom. The molecule has 0 aliphatic carbocycles. The summed E-state index contributed by atoms with van der Waals surface area (Å²) in [5.74, 6) is 2.32. The zero-order valence-corrected chi connectivity index (χ0v) is 19.3. The minimum atomic E-state index is -4.32. The second-order valence-electron chi connectivity index (χ2n) is 8.37. The Morgan fingerprint density at radius 3 is 2.79 bits per heavy atom. The van der Waals surface area contributed by atoms with Gasteiger partial charge in [0, 0.05) is 13.2 Å².